The van der Waals surface area contributed by atoms with Crippen LogP contribution in [0, 0.1) is 0 Å². The first-order valence-electron chi connectivity index (χ1n) is 5.75. The number of anilines is 1. The van der Waals surface area contributed by atoms with Crippen LogP contribution < -0.4 is 16.1 Å². The van der Waals surface area contributed by atoms with E-state index in [9.17, 15) is 5.11 Å². The Labute approximate surface area is 112 Å². The molecule has 18 heavy (non-hydrogen) atoms. The third-order valence-corrected chi connectivity index (χ3v) is 2.61. The number of phenolic OH excluding ortho intramolecular Hbond substituents is 1. The fourth-order valence-corrected chi connectivity index (χ4v) is 1.64. The van der Waals surface area contributed by atoms with Gasteiger partial charge >= 0.3 is 0 Å². The first-order chi connectivity index (χ1) is 8.58. The molecule has 0 aromatic heterocycles. The maximum absolute atomic E-state index is 9.89. The van der Waals surface area contributed by atoms with Gasteiger partial charge in [-0.2, -0.15) is 5.10 Å². The second-order valence-corrected chi connectivity index (χ2v) is 4.09. The Kier molecular flexibility index (Phi) is 5.38. The van der Waals surface area contributed by atoms with Gasteiger partial charge in [-0.1, -0.05) is 0 Å². The summed E-state index contributed by atoms with van der Waals surface area (Å²) in [4.78, 5) is 2.15. The molecular weight excluding hydrogens is 248 g/mol. The second kappa shape index (κ2) is 6.80. The number of nitrogens with zero attached hydrogens (tertiary/aromatic N) is 2. The lowest BCUT2D eigenvalue weighted by Gasteiger charge is -2.21. The van der Waals surface area contributed by atoms with Gasteiger partial charge in [0.1, 0.15) is 5.75 Å². The highest BCUT2D eigenvalue weighted by molar-refractivity contribution is 7.80. The third-order valence-electron chi connectivity index (χ3n) is 2.52. The normalized spacial score (nSPS) is 10.6. The number of hydrogen-bond donors (Lipinski definition) is 3. The smallest absolute Gasteiger partial charge is 0.184 e. The number of aromatic hydroxyl groups is 1. The molecule has 1 rings (SSSR count). The highest BCUT2D eigenvalue weighted by Gasteiger charge is 2.05. The van der Waals surface area contributed by atoms with E-state index in [4.69, 9.17) is 5.73 Å². The molecule has 1 aromatic rings. The van der Waals surface area contributed by atoms with Gasteiger partial charge in [0.15, 0.2) is 5.11 Å². The zero-order valence-electron chi connectivity index (χ0n) is 10.6. The second-order valence-electron chi connectivity index (χ2n) is 3.65. The number of benzene rings is 1. The molecule has 0 bridgehead atoms. The number of phenols is 1. The summed E-state index contributed by atoms with van der Waals surface area (Å²) >= 11 is 4.61. The van der Waals surface area contributed by atoms with Crippen LogP contribution in [0.5, 0.6) is 5.75 Å². The van der Waals surface area contributed by atoms with Gasteiger partial charge in [-0.05, 0) is 38.2 Å². The average molecular weight is 266 g/mol. The average Bonchev–Trinajstić information content (AvgIpc) is 2.33. The van der Waals surface area contributed by atoms with Crippen LogP contribution in [0.2, 0.25) is 0 Å². The molecule has 0 unspecified atom stereocenters. The number of hydrazone groups is 1. The molecule has 0 heterocycles. The van der Waals surface area contributed by atoms with Crippen molar-refractivity contribution in [3.63, 3.8) is 0 Å². The highest BCUT2D eigenvalue weighted by Crippen LogP contribution is 2.23. The molecule has 5 nitrogen and oxygen atoms in total. The minimum Gasteiger partial charge on any atom is -0.507 e. The first-order valence-corrected chi connectivity index (χ1v) is 6.15. The number of hydrogen-bond acceptors (Lipinski definition) is 4. The summed E-state index contributed by atoms with van der Waals surface area (Å²) in [6, 6.07) is 5.46. The van der Waals surface area contributed by atoms with Crippen molar-refractivity contribution in [2.45, 2.75) is 13.8 Å². The molecule has 0 atom stereocenters. The summed E-state index contributed by atoms with van der Waals surface area (Å²) in [6.45, 7) is 5.93. The minimum atomic E-state index is 0.0884. The van der Waals surface area contributed by atoms with Crippen LogP contribution in [0.4, 0.5) is 5.69 Å². The Morgan fingerprint density at radius 1 is 1.50 bits per heavy atom. The summed E-state index contributed by atoms with van der Waals surface area (Å²) in [5, 5.41) is 13.8. The lowest BCUT2D eigenvalue weighted by Crippen LogP contribution is -2.24. The van der Waals surface area contributed by atoms with Crippen molar-refractivity contribution >= 4 is 29.2 Å². The van der Waals surface area contributed by atoms with Gasteiger partial charge in [0.05, 0.1) is 6.21 Å². The van der Waals surface area contributed by atoms with Crippen molar-refractivity contribution in [1.29, 1.82) is 0 Å². The maximum atomic E-state index is 9.89. The van der Waals surface area contributed by atoms with Crippen LogP contribution in [0.25, 0.3) is 0 Å². The molecule has 0 saturated heterocycles. The van der Waals surface area contributed by atoms with Crippen molar-refractivity contribution in [3.05, 3.63) is 23.8 Å². The van der Waals surface area contributed by atoms with Gasteiger partial charge in [-0.25, -0.2) is 0 Å². The summed E-state index contributed by atoms with van der Waals surface area (Å²) in [7, 11) is 0. The van der Waals surface area contributed by atoms with Crippen LogP contribution in [-0.4, -0.2) is 29.5 Å². The predicted molar refractivity (Wildman–Crippen MR) is 79.2 cm³/mol. The summed E-state index contributed by atoms with van der Waals surface area (Å²) in [5.41, 5.74) is 9.26. The fraction of sp³-hybridized carbons (Fsp3) is 0.333. The predicted octanol–water partition coefficient (Wildman–Crippen LogP) is 1.41. The van der Waals surface area contributed by atoms with E-state index < -0.39 is 0 Å². The van der Waals surface area contributed by atoms with Gasteiger partial charge < -0.3 is 15.7 Å². The van der Waals surface area contributed by atoms with Crippen molar-refractivity contribution in [2.24, 2.45) is 10.8 Å². The maximum Gasteiger partial charge on any atom is 0.184 e. The van der Waals surface area contributed by atoms with Gasteiger partial charge in [0, 0.05) is 30.4 Å². The topological polar surface area (TPSA) is 73.9 Å². The van der Waals surface area contributed by atoms with E-state index in [1.54, 1.807) is 12.1 Å². The molecule has 6 heteroatoms. The molecule has 0 spiro atoms. The lowest BCUT2D eigenvalue weighted by molar-refractivity contribution is 0.474. The standard InChI is InChI=1S/C12H18N4OS/c1-3-16(4-2)10-6-5-9(11(17)7-10)8-14-15-12(13)18/h5-8,17H,3-4H2,1-2H3,(H3,13,15,18)/b14-8+. The summed E-state index contributed by atoms with van der Waals surface area (Å²) < 4.78 is 0. The van der Waals surface area contributed by atoms with E-state index in [1.165, 1.54) is 6.21 Å². The van der Waals surface area contributed by atoms with Crippen LogP contribution >= 0.6 is 12.2 Å². The van der Waals surface area contributed by atoms with Crippen molar-refractivity contribution in [3.8, 4) is 5.75 Å². The molecule has 98 valence electrons. The molecule has 0 amide bonds. The van der Waals surface area contributed by atoms with E-state index in [0.717, 1.165) is 18.8 Å². The molecule has 1 aromatic carbocycles. The van der Waals surface area contributed by atoms with Gasteiger partial charge in [0.25, 0.3) is 0 Å². The first kappa shape index (κ1) is 14.2. The zero-order valence-corrected chi connectivity index (χ0v) is 11.4. The molecule has 0 aliphatic heterocycles. The number of thiocarbonyl (C=S) groups is 1. The molecule has 0 fully saturated rings. The lowest BCUT2D eigenvalue weighted by atomic mass is 10.2. The van der Waals surface area contributed by atoms with Gasteiger partial charge in [-0.15, -0.1) is 0 Å². The number of rotatable bonds is 5. The monoisotopic (exact) mass is 266 g/mol. The molecular formula is C12H18N4OS. The molecule has 0 radical (unpaired) electrons. The van der Waals surface area contributed by atoms with E-state index in [0.29, 0.717) is 5.56 Å². The number of nitrogens with one attached hydrogen (secondary N) is 1. The van der Waals surface area contributed by atoms with Crippen molar-refractivity contribution in [1.82, 2.24) is 5.43 Å². The molecule has 0 aliphatic carbocycles. The van der Waals surface area contributed by atoms with Gasteiger partial charge in [-0.3, -0.25) is 5.43 Å². The Bertz CT molecular complexity index is 444. The third kappa shape index (κ3) is 3.89. The quantitative estimate of drug-likeness (QED) is 0.427. The van der Waals surface area contributed by atoms with E-state index in [1.807, 2.05) is 6.07 Å². The summed E-state index contributed by atoms with van der Waals surface area (Å²) in [6.07, 6.45) is 1.47. The minimum absolute atomic E-state index is 0.0884. The zero-order chi connectivity index (χ0) is 13.5. The highest BCUT2D eigenvalue weighted by atomic mass is 32.1. The Morgan fingerprint density at radius 3 is 2.67 bits per heavy atom. The summed E-state index contributed by atoms with van der Waals surface area (Å²) in [5.74, 6) is 0.174. The molecule has 4 N–H and O–H groups in total. The largest absolute Gasteiger partial charge is 0.507 e. The van der Waals surface area contributed by atoms with Crippen LogP contribution in [-0.2, 0) is 0 Å². The SMILES string of the molecule is CCN(CC)c1ccc(/C=N/NC(N)=S)c(O)c1. The van der Waals surface area contributed by atoms with E-state index in [2.05, 4.69) is 41.5 Å². The molecule has 0 aliphatic rings. The Balaban J connectivity index is 2.85. The van der Waals surface area contributed by atoms with E-state index in [-0.39, 0.29) is 10.9 Å². The molecule has 0 saturated carbocycles. The van der Waals surface area contributed by atoms with Crippen LogP contribution in [0.15, 0.2) is 23.3 Å². The number of nitrogens with two attached hydrogens (primary N) is 1. The van der Waals surface area contributed by atoms with Crippen molar-refractivity contribution < 1.29 is 5.11 Å². The Hall–Kier alpha value is -1.82. The van der Waals surface area contributed by atoms with Gasteiger partial charge in [0.2, 0.25) is 0 Å². The fourth-order valence-electron chi connectivity index (χ4n) is 1.59. The van der Waals surface area contributed by atoms with Crippen LogP contribution in [0.3, 0.4) is 0 Å². The van der Waals surface area contributed by atoms with E-state index >= 15 is 0 Å². The van der Waals surface area contributed by atoms with Crippen molar-refractivity contribution in [2.75, 3.05) is 18.0 Å². The van der Waals surface area contributed by atoms with Crippen LogP contribution in [0.1, 0.15) is 19.4 Å². The Morgan fingerprint density at radius 2 is 2.17 bits per heavy atom.